The zero-order valence-electron chi connectivity index (χ0n) is 21.5. The van der Waals surface area contributed by atoms with Crippen LogP contribution in [0.4, 0.5) is 5.69 Å². The van der Waals surface area contributed by atoms with Crippen LogP contribution >= 0.6 is 11.8 Å². The van der Waals surface area contributed by atoms with Gasteiger partial charge < -0.3 is 24.3 Å². The van der Waals surface area contributed by atoms with Crippen molar-refractivity contribution >= 4 is 35.3 Å². The van der Waals surface area contributed by atoms with Crippen LogP contribution in [0.5, 0.6) is 11.5 Å². The fourth-order valence-corrected chi connectivity index (χ4v) is 4.81. The molecule has 1 amide bonds. The van der Waals surface area contributed by atoms with Crippen LogP contribution in [0.3, 0.4) is 0 Å². The second kappa shape index (κ2) is 11.9. The van der Waals surface area contributed by atoms with Crippen LogP contribution < -0.4 is 14.8 Å². The van der Waals surface area contributed by atoms with E-state index in [1.54, 1.807) is 0 Å². The monoisotopic (exact) mass is 560 g/mol. The van der Waals surface area contributed by atoms with E-state index in [0.29, 0.717) is 22.5 Å². The van der Waals surface area contributed by atoms with Gasteiger partial charge in [-0.1, -0.05) is 42.1 Å². The van der Waals surface area contributed by atoms with Crippen molar-refractivity contribution in [3.8, 4) is 17.2 Å². The van der Waals surface area contributed by atoms with Crippen LogP contribution in [0, 0.1) is 0 Å². The molecule has 11 nitrogen and oxygen atoms in total. The number of rotatable bonds is 8. The van der Waals surface area contributed by atoms with Gasteiger partial charge in [-0.2, -0.15) is 0 Å². The second-order valence-corrected chi connectivity index (χ2v) is 9.40. The standard InChI is InChI=1S/C28H24N4O7S/c1-36-26(34)17-12-13-19(27(35)37-2)20(14-17)29-24(33)16-40-28-31-30-25(32(28)18-8-4-3-5-9-18)23-15-38-21-10-6-7-11-22(21)39-23/h3-14,23H,15-16H2,1-2H3,(H,29,33). The number of methoxy groups -OCH3 is 2. The third-order valence-electron chi connectivity index (χ3n) is 5.92. The van der Waals surface area contributed by atoms with Crippen molar-refractivity contribution in [3.63, 3.8) is 0 Å². The maximum absolute atomic E-state index is 13.0. The molecule has 40 heavy (non-hydrogen) atoms. The number of fused-ring (bicyclic) bond motifs is 1. The minimum atomic E-state index is -0.663. The van der Waals surface area contributed by atoms with E-state index in [4.69, 9.17) is 18.9 Å². The SMILES string of the molecule is COC(=O)c1ccc(C(=O)OC)c(NC(=O)CSc2nnc(C3COc4ccccc4O3)n2-c2ccccc2)c1. The molecule has 0 aliphatic carbocycles. The Balaban J connectivity index is 1.38. The third kappa shape index (κ3) is 5.61. The zero-order chi connectivity index (χ0) is 28.1. The number of carbonyl (C=O) groups is 3. The molecule has 204 valence electrons. The van der Waals surface area contributed by atoms with Gasteiger partial charge in [-0.3, -0.25) is 9.36 Å². The number of amides is 1. The van der Waals surface area contributed by atoms with Crippen LogP contribution in [0.1, 0.15) is 32.6 Å². The molecule has 1 unspecified atom stereocenters. The number of ether oxygens (including phenoxy) is 4. The molecule has 1 aliphatic heterocycles. The lowest BCUT2D eigenvalue weighted by atomic mass is 10.1. The Labute approximate surface area is 233 Å². The summed E-state index contributed by atoms with van der Waals surface area (Å²) < 4.78 is 23.4. The van der Waals surface area contributed by atoms with Crippen molar-refractivity contribution < 1.29 is 33.3 Å². The molecule has 4 aromatic rings. The Kier molecular flexibility index (Phi) is 7.97. The number of hydrogen-bond acceptors (Lipinski definition) is 10. The fraction of sp³-hybridized carbons (Fsp3) is 0.179. The number of nitrogens with one attached hydrogen (secondary N) is 1. The van der Waals surface area contributed by atoms with Gasteiger partial charge in [-0.25, -0.2) is 9.59 Å². The lowest BCUT2D eigenvalue weighted by Gasteiger charge is -2.26. The summed E-state index contributed by atoms with van der Waals surface area (Å²) in [4.78, 5) is 37.2. The van der Waals surface area contributed by atoms with E-state index in [1.165, 1.54) is 32.4 Å². The number of hydrogen-bond donors (Lipinski definition) is 1. The summed E-state index contributed by atoms with van der Waals surface area (Å²) in [6.45, 7) is 0.236. The maximum atomic E-state index is 13.0. The van der Waals surface area contributed by atoms with Crippen LogP contribution in [-0.2, 0) is 14.3 Å². The van der Waals surface area contributed by atoms with Crippen molar-refractivity contribution in [3.05, 3.63) is 89.7 Å². The quantitative estimate of drug-likeness (QED) is 0.248. The number of carbonyl (C=O) groups excluding carboxylic acids is 3. The summed E-state index contributed by atoms with van der Waals surface area (Å²) >= 11 is 1.15. The molecule has 12 heteroatoms. The third-order valence-corrected chi connectivity index (χ3v) is 6.85. The summed E-state index contributed by atoms with van der Waals surface area (Å²) in [6.07, 6.45) is -0.533. The molecule has 1 aromatic heterocycles. The van der Waals surface area contributed by atoms with E-state index in [-0.39, 0.29) is 29.2 Å². The molecule has 5 rings (SSSR count). The number of esters is 2. The predicted molar refractivity (Wildman–Crippen MR) is 145 cm³/mol. The molecule has 1 atom stereocenters. The Bertz CT molecular complexity index is 1560. The van der Waals surface area contributed by atoms with E-state index in [2.05, 4.69) is 15.5 Å². The Hall–Kier alpha value is -4.84. The van der Waals surface area contributed by atoms with Gasteiger partial charge in [0.15, 0.2) is 28.6 Å². The largest absolute Gasteiger partial charge is 0.485 e. The first-order chi connectivity index (χ1) is 19.5. The van der Waals surface area contributed by atoms with Gasteiger partial charge in [-0.15, -0.1) is 10.2 Å². The molecule has 1 aliphatic rings. The highest BCUT2D eigenvalue weighted by molar-refractivity contribution is 7.99. The van der Waals surface area contributed by atoms with E-state index in [1.807, 2.05) is 59.2 Å². The first-order valence-corrected chi connectivity index (χ1v) is 13.1. The summed E-state index contributed by atoms with van der Waals surface area (Å²) in [5, 5.41) is 11.9. The minimum Gasteiger partial charge on any atom is -0.485 e. The number of aromatic nitrogens is 3. The van der Waals surface area contributed by atoms with Crippen molar-refractivity contribution in [1.82, 2.24) is 14.8 Å². The first kappa shape index (κ1) is 26.8. The molecule has 3 aromatic carbocycles. The van der Waals surface area contributed by atoms with Crippen LogP contribution in [-0.4, -0.2) is 59.2 Å². The topological polar surface area (TPSA) is 131 Å². The highest BCUT2D eigenvalue weighted by Crippen LogP contribution is 2.37. The summed E-state index contributed by atoms with van der Waals surface area (Å²) in [5.74, 6) is -0.0111. The lowest BCUT2D eigenvalue weighted by Crippen LogP contribution is -2.24. The van der Waals surface area contributed by atoms with Crippen molar-refractivity contribution in [2.45, 2.75) is 11.3 Å². The lowest BCUT2D eigenvalue weighted by molar-refractivity contribution is -0.113. The molecule has 0 fully saturated rings. The van der Waals surface area contributed by atoms with Crippen LogP contribution in [0.15, 0.2) is 78.0 Å². The van der Waals surface area contributed by atoms with E-state index >= 15 is 0 Å². The number of anilines is 1. The molecule has 0 saturated heterocycles. The van der Waals surface area contributed by atoms with Gasteiger partial charge in [-0.05, 0) is 42.5 Å². The molecule has 0 spiro atoms. The summed E-state index contributed by atoms with van der Waals surface area (Å²) in [6, 6.07) is 21.0. The normalized spacial score (nSPS) is 13.8. The van der Waals surface area contributed by atoms with Crippen molar-refractivity contribution in [2.24, 2.45) is 0 Å². The molecule has 1 N–H and O–H groups in total. The van der Waals surface area contributed by atoms with Gasteiger partial charge in [0.05, 0.1) is 36.8 Å². The van der Waals surface area contributed by atoms with Gasteiger partial charge >= 0.3 is 11.9 Å². The number of benzene rings is 3. The van der Waals surface area contributed by atoms with Crippen molar-refractivity contribution in [2.75, 3.05) is 31.9 Å². The smallest absolute Gasteiger partial charge is 0.339 e. The summed E-state index contributed by atoms with van der Waals surface area (Å²) in [7, 11) is 2.47. The Morgan fingerprint density at radius 1 is 0.950 bits per heavy atom. The summed E-state index contributed by atoms with van der Waals surface area (Å²) in [5.41, 5.74) is 1.17. The average Bonchev–Trinajstić information content (AvgIpc) is 3.43. The van der Waals surface area contributed by atoms with Gasteiger partial charge in [0.25, 0.3) is 0 Å². The fourth-order valence-electron chi connectivity index (χ4n) is 4.05. The van der Waals surface area contributed by atoms with Crippen LogP contribution in [0.25, 0.3) is 5.69 Å². The highest BCUT2D eigenvalue weighted by Gasteiger charge is 2.29. The van der Waals surface area contributed by atoms with E-state index in [9.17, 15) is 14.4 Å². The highest BCUT2D eigenvalue weighted by atomic mass is 32.2. The van der Waals surface area contributed by atoms with Gasteiger partial charge in [0.2, 0.25) is 5.91 Å². The number of thioether (sulfide) groups is 1. The van der Waals surface area contributed by atoms with Gasteiger partial charge in [0.1, 0.15) is 6.61 Å². The van der Waals surface area contributed by atoms with E-state index < -0.39 is 23.9 Å². The van der Waals surface area contributed by atoms with E-state index in [0.717, 1.165) is 17.4 Å². The maximum Gasteiger partial charge on any atom is 0.339 e. The van der Waals surface area contributed by atoms with Gasteiger partial charge in [0, 0.05) is 5.69 Å². The predicted octanol–water partition coefficient (Wildman–Crippen LogP) is 4.08. The molecular weight excluding hydrogens is 536 g/mol. The molecule has 0 saturated carbocycles. The first-order valence-electron chi connectivity index (χ1n) is 12.1. The van der Waals surface area contributed by atoms with Crippen LogP contribution in [0.2, 0.25) is 0 Å². The van der Waals surface area contributed by atoms with Crippen molar-refractivity contribution in [1.29, 1.82) is 0 Å². The zero-order valence-corrected chi connectivity index (χ0v) is 22.3. The molecule has 0 radical (unpaired) electrons. The minimum absolute atomic E-state index is 0.0705. The molecular formula is C28H24N4O7S. The Morgan fingerprint density at radius 2 is 1.68 bits per heavy atom. The molecule has 2 heterocycles. The number of nitrogens with zero attached hydrogens (tertiary/aromatic N) is 3. The average molecular weight is 561 g/mol. The Morgan fingerprint density at radius 3 is 2.42 bits per heavy atom. The second-order valence-electron chi connectivity index (χ2n) is 8.46. The number of para-hydroxylation sites is 3. The molecule has 0 bridgehead atoms.